The summed E-state index contributed by atoms with van der Waals surface area (Å²) in [5.41, 5.74) is -0.995. The van der Waals surface area contributed by atoms with Gasteiger partial charge in [-0.05, 0) is 17.7 Å². The predicted molar refractivity (Wildman–Crippen MR) is 102 cm³/mol. The maximum atomic E-state index is 13.9. The van der Waals surface area contributed by atoms with E-state index < -0.39 is 29.3 Å². The largest absolute Gasteiger partial charge is 0.465 e. The second-order valence-electron chi connectivity index (χ2n) is 6.35. The second kappa shape index (κ2) is 7.80. The summed E-state index contributed by atoms with van der Waals surface area (Å²) in [5, 5.41) is 7.57. The number of alkyl halides is 5. The van der Waals surface area contributed by atoms with E-state index in [1.807, 2.05) is 0 Å². The molecule has 31 heavy (non-hydrogen) atoms. The first kappa shape index (κ1) is 22.5. The fourth-order valence-corrected chi connectivity index (χ4v) is 3.11. The number of ether oxygens (including phenoxy) is 1. The number of halogens is 6. The molecular weight excluding hydrogens is 447 g/mol. The van der Waals surface area contributed by atoms with Gasteiger partial charge in [-0.3, -0.25) is 0 Å². The van der Waals surface area contributed by atoms with Crippen LogP contribution < -0.4 is 0 Å². The van der Waals surface area contributed by atoms with Crippen LogP contribution >= 0.6 is 11.6 Å². The van der Waals surface area contributed by atoms with Crippen molar-refractivity contribution < 1.29 is 31.5 Å². The van der Waals surface area contributed by atoms with Gasteiger partial charge in [0, 0.05) is 24.4 Å². The van der Waals surface area contributed by atoms with Gasteiger partial charge in [0.15, 0.2) is 11.5 Å². The fraction of sp³-hybridized carbons (Fsp3) is 0.211. The standard InChI is InChI=1S/C19H14ClF5N4O2/c1-4-12-15(18(21,22)19(23,24)25)27-28(2)16(12)29-9-11(8-26-29)10-5-6-14(20)13(7-10)17(30)31-3/h4-9H,1H2,2-3H3. The van der Waals surface area contributed by atoms with Crippen LogP contribution in [0.3, 0.4) is 0 Å². The molecule has 0 saturated heterocycles. The molecule has 6 nitrogen and oxygen atoms in total. The Kier molecular flexibility index (Phi) is 5.66. The van der Waals surface area contributed by atoms with E-state index in [1.165, 1.54) is 38.7 Å². The van der Waals surface area contributed by atoms with Gasteiger partial charge in [0.1, 0.15) is 0 Å². The van der Waals surface area contributed by atoms with Crippen LogP contribution in [0.2, 0.25) is 5.02 Å². The molecule has 3 rings (SSSR count). The summed E-state index contributed by atoms with van der Waals surface area (Å²) in [4.78, 5) is 11.8. The van der Waals surface area contributed by atoms with E-state index in [9.17, 15) is 26.7 Å². The Morgan fingerprint density at radius 1 is 1.23 bits per heavy atom. The highest BCUT2D eigenvalue weighted by atomic mass is 35.5. The molecular formula is C19H14ClF5N4O2. The zero-order valence-corrected chi connectivity index (χ0v) is 16.8. The normalized spacial score (nSPS) is 12.1. The van der Waals surface area contributed by atoms with Crippen LogP contribution in [0.1, 0.15) is 21.6 Å². The highest BCUT2D eigenvalue weighted by Gasteiger charge is 2.61. The van der Waals surface area contributed by atoms with Gasteiger partial charge < -0.3 is 4.74 Å². The Labute approximate surface area is 177 Å². The van der Waals surface area contributed by atoms with E-state index in [4.69, 9.17) is 11.6 Å². The Hall–Kier alpha value is -3.21. The number of carbonyl (C=O) groups is 1. The summed E-state index contributed by atoms with van der Waals surface area (Å²) in [7, 11) is 2.40. The molecule has 0 atom stereocenters. The summed E-state index contributed by atoms with van der Waals surface area (Å²) in [5.74, 6) is -6.00. The molecule has 3 aromatic rings. The molecule has 0 aliphatic heterocycles. The molecule has 164 valence electrons. The lowest BCUT2D eigenvalue weighted by atomic mass is 10.1. The number of aromatic nitrogens is 4. The molecule has 2 heterocycles. The molecule has 0 radical (unpaired) electrons. The van der Waals surface area contributed by atoms with Gasteiger partial charge in [0.2, 0.25) is 0 Å². The quantitative estimate of drug-likeness (QED) is 0.396. The van der Waals surface area contributed by atoms with Crippen LogP contribution in [-0.4, -0.2) is 38.8 Å². The van der Waals surface area contributed by atoms with E-state index in [2.05, 4.69) is 21.5 Å². The van der Waals surface area contributed by atoms with Crippen LogP contribution in [0.15, 0.2) is 37.2 Å². The number of methoxy groups -OCH3 is 1. The minimum atomic E-state index is -5.83. The molecule has 0 saturated carbocycles. The smallest absolute Gasteiger partial charge is 0.459 e. The predicted octanol–water partition coefficient (Wildman–Crippen LogP) is 5.01. The third kappa shape index (κ3) is 3.80. The molecule has 0 aliphatic carbocycles. The summed E-state index contributed by atoms with van der Waals surface area (Å²) < 4.78 is 73.1. The van der Waals surface area contributed by atoms with E-state index in [1.54, 1.807) is 6.07 Å². The Balaban J connectivity index is 2.10. The highest BCUT2D eigenvalue weighted by Crippen LogP contribution is 2.45. The van der Waals surface area contributed by atoms with Crippen molar-refractivity contribution in [2.24, 2.45) is 7.05 Å². The third-order valence-corrected chi connectivity index (χ3v) is 4.74. The first-order valence-corrected chi connectivity index (χ1v) is 8.88. The van der Waals surface area contributed by atoms with Crippen molar-refractivity contribution in [3.63, 3.8) is 0 Å². The van der Waals surface area contributed by atoms with E-state index in [-0.39, 0.29) is 16.4 Å². The van der Waals surface area contributed by atoms with Crippen molar-refractivity contribution in [2.75, 3.05) is 7.11 Å². The van der Waals surface area contributed by atoms with Crippen LogP contribution in [0.4, 0.5) is 22.0 Å². The Morgan fingerprint density at radius 3 is 2.48 bits per heavy atom. The molecule has 0 amide bonds. The summed E-state index contributed by atoms with van der Waals surface area (Å²) >= 11 is 5.99. The lowest BCUT2D eigenvalue weighted by molar-refractivity contribution is -0.291. The number of carbonyl (C=O) groups excluding carboxylic acids is 1. The van der Waals surface area contributed by atoms with Crippen molar-refractivity contribution in [2.45, 2.75) is 12.1 Å². The van der Waals surface area contributed by atoms with Gasteiger partial charge >= 0.3 is 18.1 Å². The van der Waals surface area contributed by atoms with E-state index >= 15 is 0 Å². The molecule has 0 bridgehead atoms. The number of nitrogens with zero attached hydrogens (tertiary/aromatic N) is 4. The molecule has 0 aliphatic rings. The van der Waals surface area contributed by atoms with Crippen molar-refractivity contribution >= 4 is 23.6 Å². The molecule has 12 heteroatoms. The van der Waals surface area contributed by atoms with Gasteiger partial charge in [-0.2, -0.15) is 32.1 Å². The van der Waals surface area contributed by atoms with Crippen molar-refractivity contribution in [3.05, 3.63) is 59.0 Å². The SMILES string of the molecule is C=Cc1c(C(F)(F)C(F)(F)F)nn(C)c1-n1cc(-c2ccc(Cl)c(C(=O)OC)c2)cn1. The van der Waals surface area contributed by atoms with Crippen LogP contribution in [0, 0.1) is 0 Å². The molecule has 0 spiro atoms. The van der Waals surface area contributed by atoms with E-state index in [0.717, 1.165) is 15.4 Å². The highest BCUT2D eigenvalue weighted by molar-refractivity contribution is 6.33. The van der Waals surface area contributed by atoms with Gasteiger partial charge in [-0.25, -0.2) is 14.2 Å². The number of rotatable bonds is 5. The molecule has 0 fully saturated rings. The minimum absolute atomic E-state index is 0.0915. The van der Waals surface area contributed by atoms with Crippen molar-refractivity contribution in [3.8, 4) is 16.9 Å². The Morgan fingerprint density at radius 2 is 1.90 bits per heavy atom. The Bertz CT molecular complexity index is 1170. The zero-order valence-electron chi connectivity index (χ0n) is 16.0. The van der Waals surface area contributed by atoms with Crippen LogP contribution in [-0.2, 0) is 17.7 Å². The first-order chi connectivity index (χ1) is 14.4. The second-order valence-corrected chi connectivity index (χ2v) is 6.75. The maximum absolute atomic E-state index is 13.9. The average molecular weight is 461 g/mol. The van der Waals surface area contributed by atoms with Gasteiger partial charge in [0.05, 0.1) is 23.9 Å². The van der Waals surface area contributed by atoms with Gasteiger partial charge in [-0.15, -0.1) is 0 Å². The van der Waals surface area contributed by atoms with Crippen LogP contribution in [0.25, 0.3) is 23.0 Å². The number of hydrogen-bond acceptors (Lipinski definition) is 4. The summed E-state index contributed by atoms with van der Waals surface area (Å²) in [6, 6.07) is 4.48. The minimum Gasteiger partial charge on any atom is -0.465 e. The van der Waals surface area contributed by atoms with Crippen molar-refractivity contribution in [1.29, 1.82) is 0 Å². The lowest BCUT2D eigenvalue weighted by Gasteiger charge is -2.18. The van der Waals surface area contributed by atoms with Crippen LogP contribution in [0.5, 0.6) is 0 Å². The summed E-state index contributed by atoms with van der Waals surface area (Å²) in [6.07, 6.45) is -2.26. The lowest BCUT2D eigenvalue weighted by Crippen LogP contribution is -2.34. The number of hydrogen-bond donors (Lipinski definition) is 0. The van der Waals surface area contributed by atoms with E-state index in [0.29, 0.717) is 11.1 Å². The molecule has 0 unspecified atom stereocenters. The fourth-order valence-electron chi connectivity index (χ4n) is 2.92. The molecule has 0 N–H and O–H groups in total. The molecule has 2 aromatic heterocycles. The average Bonchev–Trinajstić information content (AvgIpc) is 3.31. The van der Waals surface area contributed by atoms with Crippen molar-refractivity contribution in [1.82, 2.24) is 19.6 Å². The number of esters is 1. The monoisotopic (exact) mass is 460 g/mol. The number of aryl methyl sites for hydroxylation is 1. The maximum Gasteiger partial charge on any atom is 0.459 e. The van der Waals surface area contributed by atoms with Gasteiger partial charge in [0.25, 0.3) is 0 Å². The van der Waals surface area contributed by atoms with Gasteiger partial charge in [-0.1, -0.05) is 30.3 Å². The summed E-state index contributed by atoms with van der Waals surface area (Å²) in [6.45, 7) is 3.34. The third-order valence-electron chi connectivity index (χ3n) is 4.41. The molecule has 1 aromatic carbocycles. The topological polar surface area (TPSA) is 61.9 Å². The number of benzene rings is 1. The zero-order chi connectivity index (χ0) is 23.1. The first-order valence-electron chi connectivity index (χ1n) is 8.50.